The smallest absolute Gasteiger partial charge is 0.159 e. The molecule has 0 radical (unpaired) electrons. The van der Waals surface area contributed by atoms with Gasteiger partial charge in [0.05, 0.1) is 0 Å². The number of rotatable bonds is 3. The molecule has 0 saturated heterocycles. The van der Waals surface area contributed by atoms with Crippen molar-refractivity contribution >= 4 is 0 Å². The van der Waals surface area contributed by atoms with Crippen LogP contribution in [0.3, 0.4) is 0 Å². The van der Waals surface area contributed by atoms with Crippen LogP contribution in [-0.4, -0.2) is 0 Å². The first kappa shape index (κ1) is 9.17. The topological polar surface area (TPSA) is 0 Å². The molecule has 0 amide bonds. The summed E-state index contributed by atoms with van der Waals surface area (Å²) in [6.45, 7) is 2.07. The van der Waals surface area contributed by atoms with Gasteiger partial charge in [-0.2, -0.15) is 0 Å². The molecule has 0 bridgehead atoms. The molecule has 0 unspecified atom stereocenters. The van der Waals surface area contributed by atoms with E-state index < -0.39 is 11.6 Å². The third-order valence-corrected chi connectivity index (χ3v) is 1.80. The molecule has 1 rings (SSSR count). The minimum Gasteiger partial charge on any atom is -0.204 e. The molecule has 0 aliphatic heterocycles. The first-order valence-electron chi connectivity index (χ1n) is 4.18. The Morgan fingerprint density at radius 3 is 2.50 bits per heavy atom. The predicted molar refractivity (Wildman–Crippen MR) is 45.0 cm³/mol. The highest BCUT2D eigenvalue weighted by atomic mass is 19.2. The number of benzene rings is 1. The summed E-state index contributed by atoms with van der Waals surface area (Å²) in [6.07, 6.45) is 2.91. The molecule has 0 aliphatic rings. The molecule has 0 heterocycles. The summed E-state index contributed by atoms with van der Waals surface area (Å²) in [6, 6.07) is 4.08. The van der Waals surface area contributed by atoms with Crippen molar-refractivity contribution in [3.05, 3.63) is 35.4 Å². The number of aryl methyl sites for hydroxylation is 1. The molecule has 0 saturated carbocycles. The largest absolute Gasteiger partial charge is 0.204 e. The van der Waals surface area contributed by atoms with Gasteiger partial charge in [0, 0.05) is 0 Å². The molecular formula is C10H12F2. The summed E-state index contributed by atoms with van der Waals surface area (Å²) in [5.74, 6) is -1.51. The zero-order chi connectivity index (χ0) is 8.97. The van der Waals surface area contributed by atoms with Gasteiger partial charge in [0.1, 0.15) is 0 Å². The maximum atomic E-state index is 12.6. The van der Waals surface area contributed by atoms with Gasteiger partial charge in [-0.25, -0.2) is 8.78 Å². The summed E-state index contributed by atoms with van der Waals surface area (Å²) in [5.41, 5.74) is 0.871. The first-order chi connectivity index (χ1) is 5.74. The SMILES string of the molecule is CCCCc1ccc(F)c(F)c1. The summed E-state index contributed by atoms with van der Waals surface area (Å²) in [4.78, 5) is 0. The molecule has 0 aliphatic carbocycles. The van der Waals surface area contributed by atoms with Crippen molar-refractivity contribution in [2.24, 2.45) is 0 Å². The van der Waals surface area contributed by atoms with Crippen molar-refractivity contribution in [3.8, 4) is 0 Å². The molecule has 0 aromatic heterocycles. The minimum absolute atomic E-state index is 0.747. The fraction of sp³-hybridized carbons (Fsp3) is 0.400. The van der Waals surface area contributed by atoms with E-state index in [0.29, 0.717) is 0 Å². The Balaban J connectivity index is 2.69. The summed E-state index contributed by atoms with van der Waals surface area (Å²) < 4.78 is 25.1. The second-order valence-electron chi connectivity index (χ2n) is 2.85. The van der Waals surface area contributed by atoms with Gasteiger partial charge in [0.2, 0.25) is 0 Å². The normalized spacial score (nSPS) is 10.2. The van der Waals surface area contributed by atoms with E-state index in [1.165, 1.54) is 12.1 Å². The Hall–Kier alpha value is -0.920. The molecule has 1 aromatic rings. The van der Waals surface area contributed by atoms with Gasteiger partial charge >= 0.3 is 0 Å². The highest BCUT2D eigenvalue weighted by Gasteiger charge is 2.01. The van der Waals surface area contributed by atoms with Crippen LogP contribution >= 0.6 is 0 Å². The van der Waals surface area contributed by atoms with Crippen molar-refractivity contribution < 1.29 is 8.78 Å². The zero-order valence-electron chi connectivity index (χ0n) is 7.11. The number of unbranched alkanes of at least 4 members (excludes halogenated alkanes) is 1. The molecule has 0 fully saturated rings. The molecule has 0 spiro atoms. The van der Waals surface area contributed by atoms with Gasteiger partial charge in [-0.05, 0) is 30.5 Å². The van der Waals surface area contributed by atoms with Crippen LogP contribution in [0.5, 0.6) is 0 Å². The lowest BCUT2D eigenvalue weighted by atomic mass is 10.1. The third kappa shape index (κ3) is 2.29. The van der Waals surface area contributed by atoms with Crippen LogP contribution in [0.1, 0.15) is 25.3 Å². The molecule has 0 N–H and O–H groups in total. The summed E-state index contributed by atoms with van der Waals surface area (Å²) in [5, 5.41) is 0. The second-order valence-corrected chi connectivity index (χ2v) is 2.85. The first-order valence-corrected chi connectivity index (χ1v) is 4.18. The van der Waals surface area contributed by atoms with E-state index in [9.17, 15) is 8.78 Å². The van der Waals surface area contributed by atoms with Gasteiger partial charge < -0.3 is 0 Å². The monoisotopic (exact) mass is 170 g/mol. The van der Waals surface area contributed by atoms with E-state index in [-0.39, 0.29) is 0 Å². The minimum atomic E-state index is -0.768. The van der Waals surface area contributed by atoms with Crippen LogP contribution in [-0.2, 0) is 6.42 Å². The van der Waals surface area contributed by atoms with Crippen LogP contribution in [0, 0.1) is 11.6 Å². The predicted octanol–water partition coefficient (Wildman–Crippen LogP) is 3.31. The lowest BCUT2D eigenvalue weighted by Gasteiger charge is -1.99. The van der Waals surface area contributed by atoms with E-state index in [2.05, 4.69) is 6.92 Å². The van der Waals surface area contributed by atoms with Crippen LogP contribution in [0.2, 0.25) is 0 Å². The molecule has 0 atom stereocenters. The highest BCUT2D eigenvalue weighted by molar-refractivity contribution is 5.17. The van der Waals surface area contributed by atoms with E-state index in [1.807, 2.05) is 0 Å². The van der Waals surface area contributed by atoms with Crippen LogP contribution in [0.25, 0.3) is 0 Å². The molecular weight excluding hydrogens is 158 g/mol. The fourth-order valence-electron chi connectivity index (χ4n) is 1.08. The fourth-order valence-corrected chi connectivity index (χ4v) is 1.08. The standard InChI is InChI=1S/C10H12F2/c1-2-3-4-8-5-6-9(11)10(12)7-8/h5-7H,2-4H2,1H3. The Labute approximate surface area is 71.2 Å². The summed E-state index contributed by atoms with van der Waals surface area (Å²) >= 11 is 0. The quantitative estimate of drug-likeness (QED) is 0.652. The molecule has 12 heavy (non-hydrogen) atoms. The van der Waals surface area contributed by atoms with Gasteiger partial charge in [-0.15, -0.1) is 0 Å². The molecule has 2 heteroatoms. The van der Waals surface area contributed by atoms with Crippen molar-refractivity contribution in [1.82, 2.24) is 0 Å². The van der Waals surface area contributed by atoms with E-state index in [0.717, 1.165) is 24.8 Å². The van der Waals surface area contributed by atoms with Crippen molar-refractivity contribution in [1.29, 1.82) is 0 Å². The van der Waals surface area contributed by atoms with Gasteiger partial charge in [-0.3, -0.25) is 0 Å². The zero-order valence-corrected chi connectivity index (χ0v) is 7.11. The maximum absolute atomic E-state index is 12.6. The lowest BCUT2D eigenvalue weighted by Crippen LogP contribution is -1.89. The van der Waals surface area contributed by atoms with Crippen LogP contribution in [0.15, 0.2) is 18.2 Å². The van der Waals surface area contributed by atoms with Gasteiger partial charge in [-0.1, -0.05) is 19.4 Å². The Kier molecular flexibility index (Phi) is 3.20. The van der Waals surface area contributed by atoms with E-state index in [1.54, 1.807) is 6.07 Å². The Bertz CT molecular complexity index is 256. The third-order valence-electron chi connectivity index (χ3n) is 1.80. The van der Waals surface area contributed by atoms with Crippen molar-refractivity contribution in [2.75, 3.05) is 0 Å². The van der Waals surface area contributed by atoms with Crippen LogP contribution in [0.4, 0.5) is 8.78 Å². The number of hydrogen-bond acceptors (Lipinski definition) is 0. The van der Waals surface area contributed by atoms with Gasteiger partial charge in [0.25, 0.3) is 0 Å². The average molecular weight is 170 g/mol. The maximum Gasteiger partial charge on any atom is 0.159 e. The summed E-state index contributed by atoms with van der Waals surface area (Å²) in [7, 11) is 0. The van der Waals surface area contributed by atoms with E-state index in [4.69, 9.17) is 0 Å². The average Bonchev–Trinajstić information content (AvgIpc) is 2.07. The van der Waals surface area contributed by atoms with Crippen molar-refractivity contribution in [3.63, 3.8) is 0 Å². The number of hydrogen-bond donors (Lipinski definition) is 0. The molecule has 66 valence electrons. The second kappa shape index (κ2) is 4.19. The lowest BCUT2D eigenvalue weighted by molar-refractivity contribution is 0.506. The van der Waals surface area contributed by atoms with Crippen molar-refractivity contribution in [2.45, 2.75) is 26.2 Å². The Morgan fingerprint density at radius 1 is 1.17 bits per heavy atom. The van der Waals surface area contributed by atoms with Gasteiger partial charge in [0.15, 0.2) is 11.6 Å². The Morgan fingerprint density at radius 2 is 1.92 bits per heavy atom. The van der Waals surface area contributed by atoms with Crippen LogP contribution < -0.4 is 0 Å². The molecule has 1 aromatic carbocycles. The highest BCUT2D eigenvalue weighted by Crippen LogP contribution is 2.10. The molecule has 0 nitrogen and oxygen atoms in total. The number of halogens is 2. The van der Waals surface area contributed by atoms with E-state index >= 15 is 0 Å².